The number of unbranched alkanes of at least 4 members (excludes halogenated alkanes) is 23. The molecule has 0 aromatic rings. The Morgan fingerprint density at radius 3 is 1.73 bits per heavy atom. The quantitative estimate of drug-likeness (QED) is 0.0197. The van der Waals surface area contributed by atoms with Gasteiger partial charge in [-0.25, -0.2) is 4.57 Å². The first-order chi connectivity index (χ1) is 29.0. The van der Waals surface area contributed by atoms with Crippen LogP contribution in [0.15, 0.2) is 12.2 Å². The average Bonchev–Trinajstić information content (AvgIpc) is 3.49. The van der Waals surface area contributed by atoms with Crippen molar-refractivity contribution in [1.29, 1.82) is 0 Å². The van der Waals surface area contributed by atoms with Gasteiger partial charge in [-0.3, -0.25) is 23.4 Å². The lowest BCUT2D eigenvalue weighted by atomic mass is 9.88. The highest BCUT2D eigenvalue weighted by atomic mass is 31.2. The fourth-order valence-corrected chi connectivity index (χ4v) is 8.65. The molecule has 0 aliphatic heterocycles. The molecule has 60 heavy (non-hydrogen) atoms. The van der Waals surface area contributed by atoms with Gasteiger partial charge in [0.1, 0.15) is 12.4 Å². The first kappa shape index (κ1) is 56.4. The molecule has 1 rings (SSSR count). The second-order valence-electron chi connectivity index (χ2n) is 17.1. The van der Waals surface area contributed by atoms with E-state index in [1.165, 1.54) is 96.3 Å². The van der Waals surface area contributed by atoms with Crippen LogP contribution in [-0.2, 0) is 37.5 Å². The van der Waals surface area contributed by atoms with Gasteiger partial charge in [0, 0.05) is 37.6 Å². The summed E-state index contributed by atoms with van der Waals surface area (Å²) in [6, 6.07) is 0. The molecule has 0 amide bonds. The first-order valence-electron chi connectivity index (χ1n) is 24.3. The number of phosphoric ester groups is 1. The number of hydrogen-bond acceptors (Lipinski definition) is 11. The van der Waals surface area contributed by atoms with E-state index in [1.807, 2.05) is 6.08 Å². The molecule has 1 fully saturated rings. The van der Waals surface area contributed by atoms with Gasteiger partial charge in [0.05, 0.1) is 25.4 Å². The number of carbonyl (C=O) groups is 3. The Morgan fingerprint density at radius 2 is 1.20 bits per heavy atom. The molecule has 0 bridgehead atoms. The summed E-state index contributed by atoms with van der Waals surface area (Å²) in [7, 11) is -4.44. The van der Waals surface area contributed by atoms with Crippen LogP contribution in [0.1, 0.15) is 213 Å². The number of ketones is 1. The molecule has 0 saturated heterocycles. The summed E-state index contributed by atoms with van der Waals surface area (Å²) in [6.07, 6.45) is 32.8. The number of hydrogen-bond donors (Lipinski definition) is 4. The van der Waals surface area contributed by atoms with Gasteiger partial charge in [-0.2, -0.15) is 0 Å². The molecule has 1 aliphatic carbocycles. The molecule has 1 saturated carbocycles. The van der Waals surface area contributed by atoms with Gasteiger partial charge >= 0.3 is 19.8 Å². The third-order valence-electron chi connectivity index (χ3n) is 11.5. The minimum absolute atomic E-state index is 0.0212. The van der Waals surface area contributed by atoms with Crippen molar-refractivity contribution in [3.8, 4) is 0 Å². The van der Waals surface area contributed by atoms with Gasteiger partial charge in [-0.05, 0) is 25.7 Å². The molecular formula is C47H88NO11P. The van der Waals surface area contributed by atoms with Gasteiger partial charge in [-0.15, -0.1) is 0 Å². The maximum atomic E-state index is 12.7. The summed E-state index contributed by atoms with van der Waals surface area (Å²) in [6.45, 7) is 3.40. The Kier molecular flexibility index (Phi) is 35.6. The molecule has 0 aromatic carbocycles. The molecular weight excluding hydrogens is 785 g/mol. The molecule has 0 heterocycles. The van der Waals surface area contributed by atoms with Crippen LogP contribution in [0.25, 0.3) is 0 Å². The normalized spacial score (nSPS) is 18.8. The number of carbonyl (C=O) groups excluding carboxylic acids is 3. The fourth-order valence-electron chi connectivity index (χ4n) is 7.89. The zero-order valence-corrected chi connectivity index (χ0v) is 38.8. The van der Waals surface area contributed by atoms with Gasteiger partial charge < -0.3 is 30.3 Å². The highest BCUT2D eigenvalue weighted by molar-refractivity contribution is 7.47. The van der Waals surface area contributed by atoms with Crippen LogP contribution in [0.2, 0.25) is 0 Å². The minimum atomic E-state index is -4.44. The number of ether oxygens (including phenoxy) is 2. The van der Waals surface area contributed by atoms with E-state index in [1.54, 1.807) is 6.08 Å². The molecule has 1 aliphatic rings. The van der Waals surface area contributed by atoms with Crippen LogP contribution < -0.4 is 5.73 Å². The number of nitrogens with two attached hydrogens (primary N) is 1. The van der Waals surface area contributed by atoms with Crippen molar-refractivity contribution in [1.82, 2.24) is 0 Å². The Labute approximate surface area is 364 Å². The second kappa shape index (κ2) is 37.9. The molecule has 6 atom stereocenters. The summed E-state index contributed by atoms with van der Waals surface area (Å²) in [5, 5.41) is 20.7. The number of aliphatic hydroxyl groups excluding tert-OH is 2. The van der Waals surface area contributed by atoms with E-state index >= 15 is 0 Å². The highest BCUT2D eigenvalue weighted by Gasteiger charge is 2.39. The fraction of sp³-hybridized carbons (Fsp3) is 0.894. The number of Topliss-reactive ketones (excluding diaryl/α,β-unsaturated/α-hetero) is 1. The van der Waals surface area contributed by atoms with E-state index in [9.17, 15) is 34.1 Å². The summed E-state index contributed by atoms with van der Waals surface area (Å²) >= 11 is 0. The average molecular weight is 874 g/mol. The van der Waals surface area contributed by atoms with Crippen molar-refractivity contribution in [2.45, 2.75) is 231 Å². The van der Waals surface area contributed by atoms with E-state index in [2.05, 4.69) is 13.8 Å². The SMILES string of the molecule is CCCCCCCCCCCCCCCCCCCCCC(=O)O[C@H](COC(=O)CCCCCC[C@H]1C(=O)C[C@@H](O)[C@@H]1/C=C/[C@@H](O)CCCCC)COP(=O)(O)OCCN. The lowest BCUT2D eigenvalue weighted by molar-refractivity contribution is -0.161. The van der Waals surface area contributed by atoms with Crippen molar-refractivity contribution in [2.24, 2.45) is 17.6 Å². The Balaban J connectivity index is 2.29. The van der Waals surface area contributed by atoms with Gasteiger partial charge in [0.15, 0.2) is 6.10 Å². The molecule has 1 unspecified atom stereocenters. The number of esters is 2. The number of aliphatic hydroxyl groups is 2. The largest absolute Gasteiger partial charge is 0.472 e. The van der Waals surface area contributed by atoms with Gasteiger partial charge in [0.2, 0.25) is 0 Å². The Bertz CT molecular complexity index is 1150. The van der Waals surface area contributed by atoms with Crippen LogP contribution >= 0.6 is 7.82 Å². The van der Waals surface area contributed by atoms with E-state index in [-0.39, 0.29) is 56.6 Å². The van der Waals surface area contributed by atoms with Crippen molar-refractivity contribution in [3.05, 3.63) is 12.2 Å². The van der Waals surface area contributed by atoms with Crippen LogP contribution in [-0.4, -0.2) is 77.5 Å². The molecule has 0 spiro atoms. The van der Waals surface area contributed by atoms with Crippen LogP contribution in [0, 0.1) is 11.8 Å². The third-order valence-corrected chi connectivity index (χ3v) is 12.5. The van der Waals surface area contributed by atoms with Crippen LogP contribution in [0.4, 0.5) is 0 Å². The molecule has 0 radical (unpaired) electrons. The number of phosphoric acid groups is 1. The zero-order valence-electron chi connectivity index (χ0n) is 37.9. The van der Waals surface area contributed by atoms with E-state index in [0.717, 1.165) is 57.8 Å². The Hall–Kier alpha value is -1.66. The lowest BCUT2D eigenvalue weighted by Gasteiger charge is -2.20. The van der Waals surface area contributed by atoms with Gasteiger partial charge in [-0.1, -0.05) is 180 Å². The summed E-state index contributed by atoms with van der Waals surface area (Å²) in [5.41, 5.74) is 5.35. The molecule has 13 heteroatoms. The molecule has 352 valence electrons. The topological polar surface area (TPSA) is 192 Å². The number of rotatable bonds is 42. The van der Waals surface area contributed by atoms with Crippen LogP contribution in [0.5, 0.6) is 0 Å². The molecule has 0 aromatic heterocycles. The van der Waals surface area contributed by atoms with E-state index in [4.69, 9.17) is 24.3 Å². The third kappa shape index (κ3) is 31.2. The first-order valence-corrected chi connectivity index (χ1v) is 25.8. The predicted octanol–water partition coefficient (Wildman–Crippen LogP) is 10.8. The molecule has 12 nitrogen and oxygen atoms in total. The monoisotopic (exact) mass is 874 g/mol. The van der Waals surface area contributed by atoms with Crippen molar-refractivity contribution in [3.63, 3.8) is 0 Å². The maximum absolute atomic E-state index is 12.7. The Morgan fingerprint density at radius 1 is 0.717 bits per heavy atom. The van der Waals surface area contributed by atoms with Crippen molar-refractivity contribution >= 4 is 25.5 Å². The van der Waals surface area contributed by atoms with Gasteiger partial charge in [0.25, 0.3) is 0 Å². The standard InChI is InChI=1S/C47H88NO11P/c1-3-5-7-8-9-10-11-12-13-14-15-16-17-18-19-20-21-22-28-32-47(53)59-41(39-58-60(54,55)57-36-35-48)38-56-46(52)31-27-24-23-26-30-42-43(45(51)37-44(42)50)34-33-40(49)29-25-6-4-2/h33-34,40-43,45,49,51H,3-32,35-39,48H2,1-2H3,(H,54,55)/b34-33+/t40-,41+,42+,43+,45+/m0/s1. The van der Waals surface area contributed by atoms with Crippen molar-refractivity contribution in [2.75, 3.05) is 26.4 Å². The zero-order chi connectivity index (χ0) is 44.1. The summed E-state index contributed by atoms with van der Waals surface area (Å²) in [4.78, 5) is 47.8. The second-order valence-corrected chi connectivity index (χ2v) is 18.6. The van der Waals surface area contributed by atoms with E-state index in [0.29, 0.717) is 25.7 Å². The summed E-state index contributed by atoms with van der Waals surface area (Å²) in [5.74, 6) is -1.49. The predicted molar refractivity (Wildman–Crippen MR) is 239 cm³/mol. The summed E-state index contributed by atoms with van der Waals surface area (Å²) < 4.78 is 32.9. The lowest BCUT2D eigenvalue weighted by Crippen LogP contribution is -2.29. The molecule has 5 N–H and O–H groups in total. The van der Waals surface area contributed by atoms with E-state index < -0.39 is 44.7 Å². The van der Waals surface area contributed by atoms with Crippen LogP contribution in [0.3, 0.4) is 0 Å². The van der Waals surface area contributed by atoms with Crippen molar-refractivity contribution < 1.29 is 52.6 Å². The highest BCUT2D eigenvalue weighted by Crippen LogP contribution is 2.43. The smallest absolute Gasteiger partial charge is 0.462 e. The minimum Gasteiger partial charge on any atom is -0.462 e. The maximum Gasteiger partial charge on any atom is 0.472 e.